The van der Waals surface area contributed by atoms with Crippen LogP contribution in [0.1, 0.15) is 10.4 Å². The van der Waals surface area contributed by atoms with Gasteiger partial charge in [-0.15, -0.1) is 0 Å². The van der Waals surface area contributed by atoms with E-state index < -0.39 is 15.6 Å². The molecule has 0 spiro atoms. The molecule has 0 saturated carbocycles. The van der Waals surface area contributed by atoms with Crippen molar-refractivity contribution in [3.63, 3.8) is 0 Å². The summed E-state index contributed by atoms with van der Waals surface area (Å²) in [5.41, 5.74) is 5.77. The van der Waals surface area contributed by atoms with Gasteiger partial charge in [-0.25, -0.2) is 9.19 Å². The lowest BCUT2D eigenvalue weighted by atomic mass is 10.2. The minimum absolute atomic E-state index is 0.0604. The zero-order valence-electron chi connectivity index (χ0n) is 10.6. The highest BCUT2D eigenvalue weighted by Crippen LogP contribution is 2.18. The van der Waals surface area contributed by atoms with Gasteiger partial charge in [0.25, 0.3) is 5.91 Å². The Morgan fingerprint density at radius 1 is 1.35 bits per heavy atom. The average Bonchev–Trinajstić information content (AvgIpc) is 2.42. The maximum Gasteiger partial charge on any atom is 0.289 e. The van der Waals surface area contributed by atoms with Gasteiger partial charge in [0.2, 0.25) is 0 Å². The Bertz CT molecular complexity index is 768. The van der Waals surface area contributed by atoms with Crippen LogP contribution in [-0.4, -0.2) is 21.4 Å². The van der Waals surface area contributed by atoms with Crippen molar-refractivity contribution in [1.82, 2.24) is 4.98 Å². The van der Waals surface area contributed by atoms with Gasteiger partial charge in [-0.3, -0.25) is 4.79 Å². The highest BCUT2D eigenvalue weighted by Gasteiger charge is 2.14. The average molecular weight is 354 g/mol. The van der Waals surface area contributed by atoms with Crippen LogP contribution in [0.3, 0.4) is 0 Å². The number of rotatable bonds is 2. The first-order valence-electron chi connectivity index (χ1n) is 5.63. The third-order valence-corrected chi connectivity index (χ3v) is 4.65. The quantitative estimate of drug-likeness (QED) is 0.899. The second-order valence-electron chi connectivity index (χ2n) is 4.10. The molecule has 104 valence electrons. The third kappa shape index (κ3) is 3.23. The SMILES string of the molecule is C[S@@](=O)(=NC(=O)c1cc(Br)cnc1N)c1ccccc1. The predicted octanol–water partition coefficient (Wildman–Crippen LogP) is 2.72. The molecular weight excluding hydrogens is 342 g/mol. The van der Waals surface area contributed by atoms with Gasteiger partial charge in [-0.2, -0.15) is 4.36 Å². The van der Waals surface area contributed by atoms with E-state index in [1.165, 1.54) is 18.5 Å². The fourth-order valence-electron chi connectivity index (χ4n) is 1.55. The summed E-state index contributed by atoms with van der Waals surface area (Å²) in [5, 5.41) is 0. The number of pyridine rings is 1. The van der Waals surface area contributed by atoms with E-state index in [9.17, 15) is 9.00 Å². The highest BCUT2D eigenvalue weighted by atomic mass is 79.9. The van der Waals surface area contributed by atoms with E-state index in [0.29, 0.717) is 9.37 Å². The zero-order chi connectivity index (χ0) is 14.8. The van der Waals surface area contributed by atoms with Gasteiger partial charge in [0.15, 0.2) is 0 Å². The summed E-state index contributed by atoms with van der Waals surface area (Å²) in [7, 11) is -2.81. The first kappa shape index (κ1) is 14.7. The lowest BCUT2D eigenvalue weighted by molar-refractivity contribution is 0.101. The van der Waals surface area contributed by atoms with Crippen LogP contribution < -0.4 is 5.73 Å². The van der Waals surface area contributed by atoms with Crippen molar-refractivity contribution < 1.29 is 9.00 Å². The van der Waals surface area contributed by atoms with E-state index >= 15 is 0 Å². The topological polar surface area (TPSA) is 85.4 Å². The van der Waals surface area contributed by atoms with Crippen molar-refractivity contribution >= 4 is 37.4 Å². The molecule has 0 aliphatic heterocycles. The number of hydrogen-bond donors (Lipinski definition) is 1. The second-order valence-corrected chi connectivity index (χ2v) is 7.27. The monoisotopic (exact) mass is 353 g/mol. The van der Waals surface area contributed by atoms with Crippen LogP contribution in [0.2, 0.25) is 0 Å². The Balaban J connectivity index is 2.47. The molecule has 1 heterocycles. The summed E-state index contributed by atoms with van der Waals surface area (Å²) in [5.74, 6) is -0.585. The molecule has 0 radical (unpaired) electrons. The molecule has 0 unspecified atom stereocenters. The van der Waals surface area contributed by atoms with Crippen molar-refractivity contribution in [3.8, 4) is 0 Å². The summed E-state index contributed by atoms with van der Waals surface area (Å²) in [4.78, 5) is 16.5. The molecule has 0 fully saturated rings. The molecule has 7 heteroatoms. The Morgan fingerprint density at radius 2 is 2.00 bits per heavy atom. The summed E-state index contributed by atoms with van der Waals surface area (Å²) < 4.78 is 16.9. The number of aromatic nitrogens is 1. The third-order valence-electron chi connectivity index (χ3n) is 2.55. The molecule has 2 aromatic rings. The normalized spacial score (nSPS) is 13.5. The molecule has 1 amide bonds. The lowest BCUT2D eigenvalue weighted by Crippen LogP contribution is -2.07. The molecule has 0 aliphatic carbocycles. The van der Waals surface area contributed by atoms with Gasteiger partial charge in [0, 0.05) is 21.8 Å². The first-order valence-corrected chi connectivity index (χ1v) is 8.34. The highest BCUT2D eigenvalue weighted by molar-refractivity contribution is 9.10. The van der Waals surface area contributed by atoms with E-state index in [1.54, 1.807) is 30.3 Å². The van der Waals surface area contributed by atoms with Gasteiger partial charge in [0.05, 0.1) is 15.3 Å². The minimum Gasteiger partial charge on any atom is -0.383 e. The first-order chi connectivity index (χ1) is 9.40. The maximum atomic E-state index is 12.5. The predicted molar refractivity (Wildman–Crippen MR) is 81.9 cm³/mol. The van der Waals surface area contributed by atoms with Gasteiger partial charge in [-0.1, -0.05) is 18.2 Å². The standard InChI is InChI=1S/C13H12BrN3O2S/c1-20(19,10-5-3-2-4-6-10)17-13(18)11-7-9(14)8-16-12(11)15/h2-8H,1H3,(H2,15,16)/t20-/m0/s1. The van der Waals surface area contributed by atoms with Crippen LogP contribution in [0.25, 0.3) is 0 Å². The Kier molecular flexibility index (Phi) is 4.20. The van der Waals surface area contributed by atoms with E-state index in [0.717, 1.165) is 0 Å². The minimum atomic E-state index is -2.81. The fourth-order valence-corrected chi connectivity index (χ4v) is 3.07. The van der Waals surface area contributed by atoms with E-state index in [-0.39, 0.29) is 11.4 Å². The number of carbonyl (C=O) groups is 1. The fraction of sp³-hybridized carbons (Fsp3) is 0.0769. The molecule has 1 aromatic carbocycles. The van der Waals surface area contributed by atoms with E-state index in [2.05, 4.69) is 25.3 Å². The van der Waals surface area contributed by atoms with Gasteiger partial charge >= 0.3 is 0 Å². The number of carbonyl (C=O) groups excluding carboxylic acids is 1. The van der Waals surface area contributed by atoms with Crippen LogP contribution in [0.4, 0.5) is 5.82 Å². The summed E-state index contributed by atoms with van der Waals surface area (Å²) in [6.45, 7) is 0. The molecule has 1 atom stereocenters. The Hall–Kier alpha value is -1.73. The van der Waals surface area contributed by atoms with Crippen molar-refractivity contribution in [3.05, 3.63) is 52.6 Å². The molecule has 2 rings (SSSR count). The molecule has 0 bridgehead atoms. The largest absolute Gasteiger partial charge is 0.383 e. The number of anilines is 1. The number of hydrogen-bond acceptors (Lipinski definition) is 4. The molecule has 0 aliphatic rings. The summed E-state index contributed by atoms with van der Waals surface area (Å²) >= 11 is 3.21. The smallest absolute Gasteiger partial charge is 0.289 e. The van der Waals surface area contributed by atoms with Gasteiger partial charge < -0.3 is 5.73 Å². The molecule has 2 N–H and O–H groups in total. The molecule has 5 nitrogen and oxygen atoms in total. The molecular formula is C13H12BrN3O2S. The Labute approximate surface area is 125 Å². The van der Waals surface area contributed by atoms with Crippen molar-refractivity contribution in [2.75, 3.05) is 12.0 Å². The van der Waals surface area contributed by atoms with Crippen molar-refractivity contribution in [2.45, 2.75) is 4.90 Å². The summed E-state index contributed by atoms with van der Waals surface area (Å²) in [6.07, 6.45) is 2.90. The van der Waals surface area contributed by atoms with Crippen LogP contribution in [0.5, 0.6) is 0 Å². The second kappa shape index (κ2) is 5.72. The number of benzene rings is 1. The van der Waals surface area contributed by atoms with Crippen LogP contribution in [-0.2, 0) is 9.73 Å². The number of nitrogens with zero attached hydrogens (tertiary/aromatic N) is 2. The number of nitrogen functional groups attached to an aromatic ring is 1. The zero-order valence-corrected chi connectivity index (χ0v) is 13.0. The number of amides is 1. The van der Waals surface area contributed by atoms with Gasteiger partial charge in [0.1, 0.15) is 5.82 Å². The van der Waals surface area contributed by atoms with Crippen molar-refractivity contribution in [2.24, 2.45) is 4.36 Å². The lowest BCUT2D eigenvalue weighted by Gasteiger charge is -2.05. The number of nitrogens with two attached hydrogens (primary N) is 1. The van der Waals surface area contributed by atoms with Crippen LogP contribution in [0.15, 0.2) is 56.3 Å². The van der Waals surface area contributed by atoms with E-state index in [1.807, 2.05) is 0 Å². The maximum absolute atomic E-state index is 12.5. The van der Waals surface area contributed by atoms with Crippen LogP contribution in [0, 0.1) is 0 Å². The van der Waals surface area contributed by atoms with Crippen LogP contribution >= 0.6 is 15.9 Å². The molecule has 0 saturated heterocycles. The Morgan fingerprint density at radius 3 is 2.65 bits per heavy atom. The van der Waals surface area contributed by atoms with Crippen molar-refractivity contribution in [1.29, 1.82) is 0 Å². The van der Waals surface area contributed by atoms with Gasteiger partial charge in [-0.05, 0) is 34.1 Å². The van der Waals surface area contributed by atoms with E-state index in [4.69, 9.17) is 5.73 Å². The number of halogens is 1. The molecule has 20 heavy (non-hydrogen) atoms. The summed E-state index contributed by atoms with van der Waals surface area (Å²) in [6, 6.07) is 10.1. The molecule has 1 aromatic heterocycles.